The average molecular weight is 442 g/mol. The number of nitrogens with zero attached hydrogens (tertiary/aromatic N) is 3. The molecular formula is C28H31N3O2. The fourth-order valence-electron chi connectivity index (χ4n) is 4.01. The van der Waals surface area contributed by atoms with E-state index in [1.807, 2.05) is 47.4 Å². The van der Waals surface area contributed by atoms with Crippen molar-refractivity contribution in [3.05, 3.63) is 77.4 Å². The maximum atomic E-state index is 12.4. The van der Waals surface area contributed by atoms with Gasteiger partial charge in [-0.1, -0.05) is 48.6 Å². The molecule has 0 N–H and O–H groups in total. The predicted octanol–water partition coefficient (Wildman–Crippen LogP) is 5.51. The molecule has 33 heavy (non-hydrogen) atoms. The van der Waals surface area contributed by atoms with Crippen LogP contribution in [0, 0.1) is 0 Å². The van der Waals surface area contributed by atoms with Gasteiger partial charge in [0.05, 0.1) is 24.5 Å². The van der Waals surface area contributed by atoms with E-state index >= 15 is 0 Å². The number of benzene rings is 2. The van der Waals surface area contributed by atoms with Crippen LogP contribution in [-0.2, 0) is 11.3 Å². The van der Waals surface area contributed by atoms with E-state index in [-0.39, 0.29) is 5.91 Å². The molecule has 0 atom stereocenters. The van der Waals surface area contributed by atoms with Gasteiger partial charge in [0.25, 0.3) is 0 Å². The van der Waals surface area contributed by atoms with Gasteiger partial charge in [-0.25, -0.2) is 4.98 Å². The van der Waals surface area contributed by atoms with Gasteiger partial charge in [-0.05, 0) is 68.4 Å². The summed E-state index contributed by atoms with van der Waals surface area (Å²) in [6.45, 7) is 3.88. The zero-order valence-electron chi connectivity index (χ0n) is 19.6. The Kier molecular flexibility index (Phi) is 7.20. The molecule has 1 aliphatic heterocycles. The fraction of sp³-hybridized carbons (Fsp3) is 0.286. The van der Waals surface area contributed by atoms with Crippen molar-refractivity contribution in [1.82, 2.24) is 9.88 Å². The summed E-state index contributed by atoms with van der Waals surface area (Å²) < 4.78 is 5.89. The molecule has 0 fully saturated rings. The van der Waals surface area contributed by atoms with Gasteiger partial charge in [-0.15, -0.1) is 0 Å². The van der Waals surface area contributed by atoms with Crippen molar-refractivity contribution >= 4 is 23.7 Å². The molecular weight excluding hydrogens is 410 g/mol. The summed E-state index contributed by atoms with van der Waals surface area (Å²) in [6, 6.07) is 20.2. The largest absolute Gasteiger partial charge is 0.478 e. The van der Waals surface area contributed by atoms with Gasteiger partial charge < -0.3 is 14.5 Å². The molecule has 0 spiro atoms. The molecule has 0 unspecified atom stereocenters. The van der Waals surface area contributed by atoms with Crippen LogP contribution in [0.25, 0.3) is 23.4 Å². The van der Waals surface area contributed by atoms with Crippen LogP contribution in [0.15, 0.2) is 60.7 Å². The molecule has 5 heteroatoms. The first-order valence-corrected chi connectivity index (χ1v) is 11.4. The summed E-state index contributed by atoms with van der Waals surface area (Å²) in [5.74, 6) is 0.682. The number of carbonyl (C=O) groups is 1. The van der Waals surface area contributed by atoms with Crippen molar-refractivity contribution in [2.24, 2.45) is 0 Å². The third kappa shape index (κ3) is 5.68. The van der Waals surface area contributed by atoms with Crippen molar-refractivity contribution < 1.29 is 9.53 Å². The number of hydrogen-bond donors (Lipinski definition) is 0. The Bertz CT molecular complexity index is 1150. The second kappa shape index (κ2) is 10.5. The van der Waals surface area contributed by atoms with Gasteiger partial charge in [0.2, 0.25) is 11.8 Å². The molecule has 0 radical (unpaired) electrons. The summed E-state index contributed by atoms with van der Waals surface area (Å²) in [5, 5.41) is 0. The Hall–Kier alpha value is -3.44. The smallest absolute Gasteiger partial charge is 0.224 e. The van der Waals surface area contributed by atoms with Gasteiger partial charge >= 0.3 is 0 Å². The SMILES string of the molecule is CC(=O)N1Cc2ccc(-c3cccc(OCCCCN(C)C)n3)cc2/C=C\c2ccccc21. The summed E-state index contributed by atoms with van der Waals surface area (Å²) >= 11 is 0. The number of carbonyl (C=O) groups excluding carboxylic acids is 1. The molecule has 0 bridgehead atoms. The van der Waals surface area contributed by atoms with Gasteiger partial charge in [-0.2, -0.15) is 0 Å². The molecule has 4 rings (SSSR count). The Morgan fingerprint density at radius 3 is 2.64 bits per heavy atom. The number of rotatable bonds is 7. The van der Waals surface area contributed by atoms with Crippen LogP contribution in [0.1, 0.15) is 36.5 Å². The number of anilines is 1. The molecule has 170 valence electrons. The molecule has 1 aliphatic rings. The second-order valence-electron chi connectivity index (χ2n) is 8.63. The van der Waals surface area contributed by atoms with Crippen molar-refractivity contribution in [3.63, 3.8) is 0 Å². The monoisotopic (exact) mass is 441 g/mol. The van der Waals surface area contributed by atoms with E-state index in [9.17, 15) is 4.79 Å². The average Bonchev–Trinajstić information content (AvgIpc) is 2.80. The van der Waals surface area contributed by atoms with Crippen LogP contribution in [-0.4, -0.2) is 43.0 Å². The molecule has 0 aliphatic carbocycles. The van der Waals surface area contributed by atoms with E-state index in [4.69, 9.17) is 9.72 Å². The molecule has 0 saturated heterocycles. The van der Waals surface area contributed by atoms with E-state index in [0.29, 0.717) is 19.0 Å². The second-order valence-corrected chi connectivity index (χ2v) is 8.63. The minimum absolute atomic E-state index is 0.0323. The lowest BCUT2D eigenvalue weighted by molar-refractivity contribution is -0.116. The first kappa shape index (κ1) is 22.7. The van der Waals surface area contributed by atoms with Gasteiger partial charge in [0, 0.05) is 18.6 Å². The molecule has 2 aromatic carbocycles. The van der Waals surface area contributed by atoms with Crippen molar-refractivity contribution in [2.45, 2.75) is 26.3 Å². The van der Waals surface area contributed by atoms with Crippen molar-refractivity contribution in [3.8, 4) is 17.1 Å². The highest BCUT2D eigenvalue weighted by Gasteiger charge is 2.18. The highest BCUT2D eigenvalue weighted by molar-refractivity contribution is 5.95. The van der Waals surface area contributed by atoms with Gasteiger partial charge in [-0.3, -0.25) is 4.79 Å². The number of para-hydroxylation sites is 1. The molecule has 2 heterocycles. The van der Waals surface area contributed by atoms with Crippen LogP contribution >= 0.6 is 0 Å². The van der Waals surface area contributed by atoms with Crippen LogP contribution in [0.2, 0.25) is 0 Å². The Labute approximate surface area is 196 Å². The highest BCUT2D eigenvalue weighted by Crippen LogP contribution is 2.31. The van der Waals surface area contributed by atoms with E-state index in [1.54, 1.807) is 6.92 Å². The van der Waals surface area contributed by atoms with Crippen LogP contribution in [0.5, 0.6) is 5.88 Å². The Balaban J connectivity index is 1.56. The zero-order valence-corrected chi connectivity index (χ0v) is 19.6. The molecule has 0 saturated carbocycles. The number of pyridine rings is 1. The molecule has 3 aromatic rings. The van der Waals surface area contributed by atoms with E-state index < -0.39 is 0 Å². The topological polar surface area (TPSA) is 45.7 Å². The van der Waals surface area contributed by atoms with E-state index in [1.165, 1.54) is 0 Å². The van der Waals surface area contributed by atoms with Gasteiger partial charge in [0.1, 0.15) is 0 Å². The molecule has 5 nitrogen and oxygen atoms in total. The third-order valence-corrected chi connectivity index (χ3v) is 5.79. The number of ether oxygens (including phenoxy) is 1. The number of aromatic nitrogens is 1. The van der Waals surface area contributed by atoms with Crippen LogP contribution in [0.4, 0.5) is 5.69 Å². The molecule has 1 amide bonds. The lowest BCUT2D eigenvalue weighted by Crippen LogP contribution is -2.29. The van der Waals surface area contributed by atoms with Gasteiger partial charge in [0.15, 0.2) is 0 Å². The predicted molar refractivity (Wildman–Crippen MR) is 135 cm³/mol. The Morgan fingerprint density at radius 2 is 1.82 bits per heavy atom. The van der Waals surface area contributed by atoms with Crippen molar-refractivity contribution in [1.29, 1.82) is 0 Å². The summed E-state index contributed by atoms with van der Waals surface area (Å²) in [5.41, 5.74) is 6.07. The first-order chi connectivity index (χ1) is 16.0. The normalized spacial score (nSPS) is 13.6. The minimum Gasteiger partial charge on any atom is -0.478 e. The number of unbranched alkanes of at least 4 members (excludes halogenated alkanes) is 1. The summed E-state index contributed by atoms with van der Waals surface area (Å²) in [4.78, 5) is 21.1. The summed E-state index contributed by atoms with van der Waals surface area (Å²) in [6.07, 6.45) is 6.31. The highest BCUT2D eigenvalue weighted by atomic mass is 16.5. The maximum absolute atomic E-state index is 12.4. The lowest BCUT2D eigenvalue weighted by Gasteiger charge is -2.26. The maximum Gasteiger partial charge on any atom is 0.224 e. The first-order valence-electron chi connectivity index (χ1n) is 11.4. The van der Waals surface area contributed by atoms with E-state index in [0.717, 1.165) is 53.0 Å². The quantitative estimate of drug-likeness (QED) is 0.454. The zero-order chi connectivity index (χ0) is 23.2. The van der Waals surface area contributed by atoms with Crippen LogP contribution in [0.3, 0.4) is 0 Å². The number of fused-ring (bicyclic) bond motifs is 2. The standard InChI is InChI=1S/C28H31N3O2/c1-21(32)31-20-25-16-15-24(19-23(25)14-13-22-9-4-5-11-27(22)31)26-10-8-12-28(29-26)33-18-7-6-17-30(2)3/h4-5,8-16,19H,6-7,17-18,20H2,1-3H3/b14-13-. The summed E-state index contributed by atoms with van der Waals surface area (Å²) in [7, 11) is 4.17. The third-order valence-electron chi connectivity index (χ3n) is 5.79. The number of amides is 1. The minimum atomic E-state index is 0.0323. The van der Waals surface area contributed by atoms with E-state index in [2.05, 4.69) is 49.3 Å². The molecule has 1 aromatic heterocycles. The number of hydrogen-bond acceptors (Lipinski definition) is 4. The van der Waals surface area contributed by atoms with Crippen LogP contribution < -0.4 is 9.64 Å². The Morgan fingerprint density at radius 1 is 1.00 bits per heavy atom. The lowest BCUT2D eigenvalue weighted by atomic mass is 9.97. The van der Waals surface area contributed by atoms with Crippen molar-refractivity contribution in [2.75, 3.05) is 32.1 Å². The fourth-order valence-corrected chi connectivity index (χ4v) is 4.01.